The van der Waals surface area contributed by atoms with Crippen LogP contribution in [0.25, 0.3) is 11.6 Å². The third-order valence-corrected chi connectivity index (χ3v) is 8.28. The lowest BCUT2D eigenvalue weighted by molar-refractivity contribution is 0.197. The van der Waals surface area contributed by atoms with Crippen LogP contribution in [0.2, 0.25) is 0 Å². The maximum atomic E-state index is 5.57. The number of benzene rings is 1. The Bertz CT molecular complexity index is 1190. The molecule has 2 aromatic heterocycles. The van der Waals surface area contributed by atoms with E-state index in [0.29, 0.717) is 5.92 Å². The van der Waals surface area contributed by atoms with Crippen LogP contribution in [0, 0.1) is 12.8 Å². The van der Waals surface area contributed by atoms with Gasteiger partial charge in [-0.2, -0.15) is 12.6 Å². The van der Waals surface area contributed by atoms with Crippen LogP contribution in [-0.2, 0) is 11.8 Å². The summed E-state index contributed by atoms with van der Waals surface area (Å²) in [4.78, 5) is 11.8. The predicted octanol–water partition coefficient (Wildman–Crippen LogP) is 5.48. The molecule has 35 heavy (non-hydrogen) atoms. The maximum absolute atomic E-state index is 5.57. The number of piperidine rings is 1. The predicted molar refractivity (Wildman–Crippen MR) is 150 cm³/mol. The van der Waals surface area contributed by atoms with Crippen LogP contribution < -0.4 is 5.32 Å². The van der Waals surface area contributed by atoms with Crippen LogP contribution >= 0.6 is 12.6 Å². The van der Waals surface area contributed by atoms with E-state index in [1.165, 1.54) is 22.3 Å². The first-order valence-electron chi connectivity index (χ1n) is 12.8. The van der Waals surface area contributed by atoms with Gasteiger partial charge < -0.3 is 14.8 Å². The number of hydrogen-bond donors (Lipinski definition) is 2. The molecule has 6 heteroatoms. The van der Waals surface area contributed by atoms with E-state index in [2.05, 4.69) is 71.1 Å². The molecule has 5 nitrogen and oxygen atoms in total. The van der Waals surface area contributed by atoms with Gasteiger partial charge in [0.15, 0.2) is 0 Å². The van der Waals surface area contributed by atoms with Crippen LogP contribution in [0.5, 0.6) is 0 Å². The smallest absolute Gasteiger partial charge is 0.0946 e. The summed E-state index contributed by atoms with van der Waals surface area (Å²) >= 11 is 5.57. The number of likely N-dealkylation sites (tertiary alicyclic amines) is 1. The largest absolute Gasteiger partial charge is 0.336 e. The van der Waals surface area contributed by atoms with Crippen LogP contribution in [-0.4, -0.2) is 46.6 Å². The zero-order chi connectivity index (χ0) is 25.2. The molecule has 186 valence electrons. The number of fused-ring (bicyclic) bond motifs is 2. The average Bonchev–Trinajstić information content (AvgIpc) is 3.26. The maximum Gasteiger partial charge on any atom is 0.0946 e. The Kier molecular flexibility index (Phi) is 7.84. The summed E-state index contributed by atoms with van der Waals surface area (Å²) in [5.74, 6) is 0.407. The third kappa shape index (κ3) is 4.59. The SMILES string of the molecule is CC.CNC(C1=Cc2cccnc2C(S)(C2CCN(C)CC2)c2ccc(C)cc21)c1cncn1C. The summed E-state index contributed by atoms with van der Waals surface area (Å²) in [5, 5.41) is 3.57. The monoisotopic (exact) mass is 489 g/mol. The van der Waals surface area contributed by atoms with Crippen molar-refractivity contribution in [2.75, 3.05) is 27.2 Å². The standard InChI is InChI=1S/C27H33N5S.C2H6/c1-18-7-8-23-21(14-18)22(25(28-2)24-16-29-17-32(24)4)15-19-6-5-11-30-26(19)27(23,33)20-9-12-31(3)13-10-20;1-2/h5-8,11,14-17,20,25,28,33H,9-10,12-13H2,1-4H3;1-2H3. The summed E-state index contributed by atoms with van der Waals surface area (Å²) in [5.41, 5.74) is 8.35. The molecule has 2 unspecified atom stereocenters. The number of imidazole rings is 1. The topological polar surface area (TPSA) is 46.0 Å². The number of thiol groups is 1. The van der Waals surface area contributed by atoms with E-state index < -0.39 is 4.75 Å². The van der Waals surface area contributed by atoms with Crippen molar-refractivity contribution in [3.8, 4) is 0 Å². The normalized spacial score (nSPS) is 21.2. The molecule has 1 fully saturated rings. The Morgan fingerprint density at radius 3 is 2.54 bits per heavy atom. The molecular weight excluding hydrogens is 450 g/mol. The quantitative estimate of drug-likeness (QED) is 0.477. The molecule has 5 rings (SSSR count). The zero-order valence-electron chi connectivity index (χ0n) is 21.9. The van der Waals surface area contributed by atoms with Gasteiger partial charge in [0.05, 0.1) is 34.7 Å². The first-order chi connectivity index (χ1) is 16.9. The fourth-order valence-electron chi connectivity index (χ4n) is 5.64. The molecule has 1 saturated heterocycles. The molecule has 0 radical (unpaired) electrons. The van der Waals surface area contributed by atoms with Crippen molar-refractivity contribution in [2.24, 2.45) is 13.0 Å². The lowest BCUT2D eigenvalue weighted by Crippen LogP contribution is -2.41. The van der Waals surface area contributed by atoms with Crippen molar-refractivity contribution >= 4 is 24.3 Å². The van der Waals surface area contributed by atoms with Crippen molar-refractivity contribution in [1.82, 2.24) is 24.8 Å². The molecule has 0 amide bonds. The summed E-state index contributed by atoms with van der Waals surface area (Å²) in [6.07, 6.45) is 10.3. The molecular formula is C29H39N5S. The summed E-state index contributed by atoms with van der Waals surface area (Å²) < 4.78 is 1.64. The first-order valence-corrected chi connectivity index (χ1v) is 13.2. The van der Waals surface area contributed by atoms with Crippen LogP contribution in [0.4, 0.5) is 0 Å². The number of hydrogen-bond acceptors (Lipinski definition) is 5. The number of aromatic nitrogens is 3. The molecule has 2 aliphatic rings. The highest BCUT2D eigenvalue weighted by Crippen LogP contribution is 2.53. The highest BCUT2D eigenvalue weighted by atomic mass is 32.1. The minimum atomic E-state index is -0.454. The number of nitrogens with zero attached hydrogens (tertiary/aromatic N) is 4. The van der Waals surface area contributed by atoms with Gasteiger partial charge in [0.2, 0.25) is 0 Å². The lowest BCUT2D eigenvalue weighted by Gasteiger charge is -2.42. The second-order valence-electron chi connectivity index (χ2n) is 9.58. The summed E-state index contributed by atoms with van der Waals surface area (Å²) in [6.45, 7) is 8.35. The molecule has 1 aliphatic carbocycles. The van der Waals surface area contributed by atoms with Gasteiger partial charge >= 0.3 is 0 Å². The summed E-state index contributed by atoms with van der Waals surface area (Å²) in [6, 6.07) is 11.1. The molecule has 0 spiro atoms. The van der Waals surface area contributed by atoms with Crippen LogP contribution in [0.15, 0.2) is 49.1 Å². The molecule has 3 aromatic rings. The number of pyridine rings is 1. The Hall–Kier alpha value is -2.41. The minimum Gasteiger partial charge on any atom is -0.336 e. The van der Waals surface area contributed by atoms with E-state index in [-0.39, 0.29) is 6.04 Å². The minimum absolute atomic E-state index is 0.000668. The van der Waals surface area contributed by atoms with E-state index in [1.54, 1.807) is 0 Å². The second-order valence-corrected chi connectivity index (χ2v) is 10.3. The van der Waals surface area contributed by atoms with Gasteiger partial charge in [-0.3, -0.25) is 4.98 Å². The van der Waals surface area contributed by atoms with Crippen molar-refractivity contribution < 1.29 is 0 Å². The number of nitrogens with one attached hydrogen (secondary N) is 1. The molecule has 0 bridgehead atoms. The van der Waals surface area contributed by atoms with E-state index in [4.69, 9.17) is 17.6 Å². The number of rotatable bonds is 4. The van der Waals surface area contributed by atoms with Crippen molar-refractivity contribution in [3.63, 3.8) is 0 Å². The zero-order valence-corrected chi connectivity index (χ0v) is 22.8. The van der Waals surface area contributed by atoms with Crippen molar-refractivity contribution in [1.29, 1.82) is 0 Å². The van der Waals surface area contributed by atoms with Gasteiger partial charge in [-0.05, 0) is 87.3 Å². The molecule has 2 atom stereocenters. The molecule has 3 heterocycles. The van der Waals surface area contributed by atoms with Gasteiger partial charge in [0, 0.05) is 13.2 Å². The van der Waals surface area contributed by atoms with Crippen LogP contribution in [0.3, 0.4) is 0 Å². The van der Waals surface area contributed by atoms with Gasteiger partial charge in [-0.25, -0.2) is 4.98 Å². The van der Waals surface area contributed by atoms with E-state index in [1.807, 2.05) is 45.7 Å². The van der Waals surface area contributed by atoms with Gasteiger partial charge in [-0.1, -0.05) is 43.7 Å². The molecule has 1 aliphatic heterocycles. The third-order valence-electron chi connectivity index (χ3n) is 7.47. The fraction of sp³-hybridized carbons (Fsp3) is 0.448. The molecule has 1 aromatic carbocycles. The number of aryl methyl sites for hydroxylation is 2. The first kappa shape index (κ1) is 25.7. The van der Waals surface area contributed by atoms with Gasteiger partial charge in [0.25, 0.3) is 0 Å². The highest BCUT2D eigenvalue weighted by Gasteiger charge is 2.45. The highest BCUT2D eigenvalue weighted by molar-refractivity contribution is 7.81. The van der Waals surface area contributed by atoms with Crippen LogP contribution in [0.1, 0.15) is 66.4 Å². The van der Waals surface area contributed by atoms with E-state index >= 15 is 0 Å². The molecule has 0 saturated carbocycles. The van der Waals surface area contributed by atoms with Gasteiger partial charge in [-0.15, -0.1) is 0 Å². The van der Waals surface area contributed by atoms with E-state index in [9.17, 15) is 0 Å². The average molecular weight is 490 g/mol. The van der Waals surface area contributed by atoms with Crippen molar-refractivity contribution in [3.05, 3.63) is 82.7 Å². The Balaban J connectivity index is 0.00000141. The molecule has 1 N–H and O–H groups in total. The fourth-order valence-corrected chi connectivity index (χ4v) is 6.28. The lowest BCUT2D eigenvalue weighted by atomic mass is 9.74. The Morgan fingerprint density at radius 2 is 1.89 bits per heavy atom. The number of likely N-dealkylation sites (N-methyl/N-ethyl adjacent to an activating group) is 1. The summed E-state index contributed by atoms with van der Waals surface area (Å²) in [7, 11) is 6.29. The second kappa shape index (κ2) is 10.7. The van der Waals surface area contributed by atoms with E-state index in [0.717, 1.165) is 42.9 Å². The van der Waals surface area contributed by atoms with Gasteiger partial charge in [0.1, 0.15) is 0 Å². The van der Waals surface area contributed by atoms with Crippen molar-refractivity contribution in [2.45, 2.75) is 44.4 Å². The Morgan fingerprint density at radius 1 is 1.14 bits per heavy atom. The Labute approximate surface area is 216 Å².